The number of benzene rings is 1. The van der Waals surface area contributed by atoms with Crippen molar-refractivity contribution in [3.63, 3.8) is 0 Å². The van der Waals surface area contributed by atoms with Crippen LogP contribution in [0.1, 0.15) is 42.9 Å². The number of carbonyl (C=O) groups is 1. The molecule has 2 aliphatic carbocycles. The quantitative estimate of drug-likeness (QED) is 0.611. The van der Waals surface area contributed by atoms with E-state index in [9.17, 15) is 31.5 Å². The van der Waals surface area contributed by atoms with Gasteiger partial charge in [-0.05, 0) is 61.9 Å². The second kappa shape index (κ2) is 8.37. The van der Waals surface area contributed by atoms with Crippen LogP contribution in [-0.2, 0) is 27.5 Å². The molecule has 8 nitrogen and oxygen atoms in total. The lowest BCUT2D eigenvalue weighted by Crippen LogP contribution is -2.55. The maximum atomic E-state index is 13.5. The third-order valence-corrected chi connectivity index (χ3v) is 9.02. The highest BCUT2D eigenvalue weighted by atomic mass is 32.2. The fourth-order valence-electron chi connectivity index (χ4n) is 5.86. The number of sulfonamides is 1. The number of hydrogen-bond acceptors (Lipinski definition) is 6. The number of aliphatic hydroxyl groups is 1. The Labute approximate surface area is 211 Å². The van der Waals surface area contributed by atoms with Gasteiger partial charge in [-0.15, -0.1) is 0 Å². The molecular formula is C25H23F3N4O4S. The Balaban J connectivity index is 1.43. The number of rotatable bonds is 5. The summed E-state index contributed by atoms with van der Waals surface area (Å²) in [5, 5.41) is 20.1. The zero-order valence-corrected chi connectivity index (χ0v) is 20.5. The number of halogens is 3. The Morgan fingerprint density at radius 3 is 2.51 bits per heavy atom. The number of nitriles is 1. The molecule has 12 heteroatoms. The SMILES string of the molecule is C[C@]1(NS(=O)(=O)c2ccc(C(F)(F)F)cn2)C=C2C(=O)N(Cc3ccc(C#N)cc3)[C@@H]3CC[C@H](C1)[C@]23O. The van der Waals surface area contributed by atoms with Crippen molar-refractivity contribution in [1.82, 2.24) is 14.6 Å². The van der Waals surface area contributed by atoms with Crippen LogP contribution in [0.2, 0.25) is 0 Å². The Morgan fingerprint density at radius 2 is 1.92 bits per heavy atom. The predicted molar refractivity (Wildman–Crippen MR) is 124 cm³/mol. The summed E-state index contributed by atoms with van der Waals surface area (Å²) in [6, 6.07) is 9.78. The zero-order chi connectivity index (χ0) is 26.8. The van der Waals surface area contributed by atoms with E-state index in [2.05, 4.69) is 9.71 Å². The van der Waals surface area contributed by atoms with E-state index in [1.54, 1.807) is 36.1 Å². The van der Waals surface area contributed by atoms with Crippen LogP contribution in [0.5, 0.6) is 0 Å². The van der Waals surface area contributed by atoms with Gasteiger partial charge in [-0.2, -0.15) is 18.4 Å². The molecular weight excluding hydrogens is 509 g/mol. The summed E-state index contributed by atoms with van der Waals surface area (Å²) in [6.45, 7) is 1.80. The fraction of sp³-hybridized carbons (Fsp3) is 0.400. The maximum absolute atomic E-state index is 13.5. The van der Waals surface area contributed by atoms with Crippen LogP contribution in [0.4, 0.5) is 13.2 Å². The first-order valence-electron chi connectivity index (χ1n) is 11.6. The van der Waals surface area contributed by atoms with Crippen molar-refractivity contribution in [3.8, 4) is 6.07 Å². The van der Waals surface area contributed by atoms with Gasteiger partial charge in [0.25, 0.3) is 15.9 Å². The van der Waals surface area contributed by atoms with Crippen molar-refractivity contribution in [3.05, 3.63) is 70.9 Å². The van der Waals surface area contributed by atoms with Crippen molar-refractivity contribution in [2.75, 3.05) is 0 Å². The molecule has 5 rings (SSSR count). The van der Waals surface area contributed by atoms with Crippen LogP contribution >= 0.6 is 0 Å². The van der Waals surface area contributed by atoms with Gasteiger partial charge in [0.15, 0.2) is 5.03 Å². The molecule has 4 atom stereocenters. The minimum atomic E-state index is -4.65. The molecule has 0 unspecified atom stereocenters. The minimum absolute atomic E-state index is 0.116. The van der Waals surface area contributed by atoms with Gasteiger partial charge in [-0.3, -0.25) is 4.79 Å². The molecule has 1 amide bonds. The molecule has 3 aliphatic rings. The largest absolute Gasteiger partial charge is 0.417 e. The third-order valence-electron chi connectivity index (χ3n) is 7.49. The first kappa shape index (κ1) is 25.4. The Morgan fingerprint density at radius 1 is 1.22 bits per heavy atom. The normalized spacial score (nSPS) is 29.1. The van der Waals surface area contributed by atoms with Crippen molar-refractivity contribution in [2.45, 2.75) is 61.1 Å². The van der Waals surface area contributed by atoms with Gasteiger partial charge in [0.05, 0.1) is 23.2 Å². The third kappa shape index (κ3) is 4.21. The molecule has 1 saturated carbocycles. The Kier molecular flexibility index (Phi) is 5.74. The van der Waals surface area contributed by atoms with Crippen LogP contribution in [0.15, 0.2) is 59.3 Å². The zero-order valence-electron chi connectivity index (χ0n) is 19.7. The second-order valence-electron chi connectivity index (χ2n) is 10.0. The molecule has 2 fully saturated rings. The molecule has 37 heavy (non-hydrogen) atoms. The number of nitrogens with one attached hydrogen (secondary N) is 1. The first-order chi connectivity index (χ1) is 17.3. The lowest BCUT2D eigenvalue weighted by atomic mass is 9.71. The van der Waals surface area contributed by atoms with Crippen LogP contribution in [0, 0.1) is 17.2 Å². The van der Waals surface area contributed by atoms with Gasteiger partial charge in [0.1, 0.15) is 5.60 Å². The van der Waals surface area contributed by atoms with Crippen molar-refractivity contribution in [1.29, 1.82) is 5.26 Å². The monoisotopic (exact) mass is 532 g/mol. The number of nitrogens with zero attached hydrogens (tertiary/aromatic N) is 3. The van der Waals surface area contributed by atoms with Crippen LogP contribution in [0.25, 0.3) is 0 Å². The number of alkyl halides is 3. The van der Waals surface area contributed by atoms with E-state index in [4.69, 9.17) is 5.26 Å². The fourth-order valence-corrected chi connectivity index (χ4v) is 7.16. The lowest BCUT2D eigenvalue weighted by molar-refractivity contribution is -0.137. The van der Waals surface area contributed by atoms with E-state index in [-0.39, 0.29) is 18.5 Å². The molecule has 2 heterocycles. The first-order valence-corrected chi connectivity index (χ1v) is 13.1. The summed E-state index contributed by atoms with van der Waals surface area (Å²) in [7, 11) is -4.34. The molecule has 1 aliphatic heterocycles. The number of amides is 1. The van der Waals surface area contributed by atoms with E-state index >= 15 is 0 Å². The van der Waals surface area contributed by atoms with E-state index in [1.165, 1.54) is 6.08 Å². The molecule has 1 aromatic heterocycles. The van der Waals surface area contributed by atoms with E-state index in [0.717, 1.165) is 11.6 Å². The molecule has 0 bridgehead atoms. The molecule has 2 aromatic rings. The number of pyridine rings is 1. The van der Waals surface area contributed by atoms with Crippen LogP contribution < -0.4 is 4.72 Å². The average Bonchev–Trinajstić information content (AvgIpc) is 3.26. The van der Waals surface area contributed by atoms with Crippen LogP contribution in [-0.4, -0.2) is 46.5 Å². The van der Waals surface area contributed by atoms with Gasteiger partial charge in [0, 0.05) is 23.9 Å². The summed E-state index contributed by atoms with van der Waals surface area (Å²) < 4.78 is 67.1. The van der Waals surface area contributed by atoms with E-state index < -0.39 is 55.8 Å². The van der Waals surface area contributed by atoms with Crippen LogP contribution in [0.3, 0.4) is 0 Å². The van der Waals surface area contributed by atoms with Crippen molar-refractivity contribution >= 4 is 15.9 Å². The highest BCUT2D eigenvalue weighted by Crippen LogP contribution is 2.55. The summed E-state index contributed by atoms with van der Waals surface area (Å²) in [5.74, 6) is -0.806. The average molecular weight is 533 g/mol. The van der Waals surface area contributed by atoms with Gasteiger partial charge in [-0.25, -0.2) is 18.1 Å². The van der Waals surface area contributed by atoms with Gasteiger partial charge >= 0.3 is 6.18 Å². The minimum Gasteiger partial charge on any atom is -0.383 e. The smallest absolute Gasteiger partial charge is 0.383 e. The van der Waals surface area contributed by atoms with Gasteiger partial charge in [-0.1, -0.05) is 18.2 Å². The maximum Gasteiger partial charge on any atom is 0.417 e. The van der Waals surface area contributed by atoms with E-state index in [0.29, 0.717) is 30.7 Å². The highest BCUT2D eigenvalue weighted by Gasteiger charge is 2.65. The predicted octanol–water partition coefficient (Wildman–Crippen LogP) is 2.89. The molecule has 0 radical (unpaired) electrons. The summed E-state index contributed by atoms with van der Waals surface area (Å²) in [5.41, 5.74) is -2.39. The molecule has 1 aromatic carbocycles. The molecule has 0 spiro atoms. The number of carbonyl (C=O) groups excluding carboxylic acids is 1. The molecule has 2 N–H and O–H groups in total. The number of hydrogen-bond donors (Lipinski definition) is 2. The number of likely N-dealkylation sites (tertiary alicyclic amines) is 1. The molecule has 1 saturated heterocycles. The lowest BCUT2D eigenvalue weighted by Gasteiger charge is -2.41. The summed E-state index contributed by atoms with van der Waals surface area (Å²) in [4.78, 5) is 18.5. The van der Waals surface area contributed by atoms with Gasteiger partial charge < -0.3 is 10.0 Å². The van der Waals surface area contributed by atoms with Crippen molar-refractivity contribution < 1.29 is 31.5 Å². The topological polar surface area (TPSA) is 123 Å². The van der Waals surface area contributed by atoms with Gasteiger partial charge in [0.2, 0.25) is 0 Å². The summed E-state index contributed by atoms with van der Waals surface area (Å²) in [6.07, 6.45) is -1.47. The summed E-state index contributed by atoms with van der Waals surface area (Å²) >= 11 is 0. The highest BCUT2D eigenvalue weighted by molar-refractivity contribution is 7.89. The number of aromatic nitrogens is 1. The Hall–Kier alpha value is -3.27. The molecule has 194 valence electrons. The Bertz CT molecular complexity index is 1430. The standard InChI is InChI=1S/C25H23F3N4O4S/c1-23(31-37(35,36)21-9-7-18(13-30-21)25(26,27)28)10-17-6-8-20-24(17,34)19(11-23)22(33)32(20)14-16-4-2-15(12-29)3-5-16/h2-5,7,9,11,13,17,20,31,34H,6,8,10,14H2,1H3/t17-,20-,23-,24+/m1/s1. The van der Waals surface area contributed by atoms with E-state index in [1.807, 2.05) is 6.07 Å². The second-order valence-corrected chi connectivity index (χ2v) is 11.7. The van der Waals surface area contributed by atoms with Crippen molar-refractivity contribution in [2.24, 2.45) is 5.92 Å².